The van der Waals surface area contributed by atoms with Gasteiger partial charge in [0.1, 0.15) is 11.6 Å². The van der Waals surface area contributed by atoms with Crippen molar-refractivity contribution in [2.45, 2.75) is 20.8 Å². The fourth-order valence-electron chi connectivity index (χ4n) is 3.24. The zero-order chi connectivity index (χ0) is 18.4. The first-order valence-corrected chi connectivity index (χ1v) is 8.45. The van der Waals surface area contributed by atoms with Gasteiger partial charge in [0, 0.05) is 10.8 Å². The summed E-state index contributed by atoms with van der Waals surface area (Å²) in [5.41, 5.74) is 6.55. The summed E-state index contributed by atoms with van der Waals surface area (Å²) in [5, 5.41) is 26.8. The number of aromatic hydroxyl groups is 1. The van der Waals surface area contributed by atoms with Crippen molar-refractivity contribution in [3.63, 3.8) is 0 Å². The molecule has 0 saturated carbocycles. The van der Waals surface area contributed by atoms with Crippen LogP contribution in [0.25, 0.3) is 23.7 Å². The third-order valence-corrected chi connectivity index (χ3v) is 4.71. The third kappa shape index (κ3) is 2.58. The summed E-state index contributed by atoms with van der Waals surface area (Å²) in [6, 6.07) is 11.9. The first-order valence-electron chi connectivity index (χ1n) is 8.45. The summed E-state index contributed by atoms with van der Waals surface area (Å²) in [5.74, 6) is 1.16. The first-order chi connectivity index (χ1) is 12.4. The largest absolute Gasteiger partial charge is 0.507 e. The molecule has 1 aliphatic rings. The molecule has 2 aromatic carbocycles. The van der Waals surface area contributed by atoms with Gasteiger partial charge in [-0.15, -0.1) is 5.10 Å². The zero-order valence-corrected chi connectivity index (χ0v) is 15.0. The number of fused-ring (bicyclic) bond motifs is 1. The van der Waals surface area contributed by atoms with E-state index in [1.807, 2.05) is 44.2 Å². The third-order valence-electron chi connectivity index (χ3n) is 4.71. The molecule has 130 valence electrons. The summed E-state index contributed by atoms with van der Waals surface area (Å²) in [4.78, 5) is 0. The number of aryl methyl sites for hydroxylation is 3. The molecular formula is C21H20N4O. The van der Waals surface area contributed by atoms with E-state index in [-0.39, 0.29) is 0 Å². The summed E-state index contributed by atoms with van der Waals surface area (Å²) in [6.07, 6.45) is 0. The molecule has 5 nitrogen and oxygen atoms in total. The topological polar surface area (TPSA) is 70.1 Å². The second kappa shape index (κ2) is 5.88. The molecule has 4 rings (SSSR count). The quantitative estimate of drug-likeness (QED) is 0.633. The van der Waals surface area contributed by atoms with Gasteiger partial charge in [-0.3, -0.25) is 0 Å². The van der Waals surface area contributed by atoms with Gasteiger partial charge < -0.3 is 15.7 Å². The minimum Gasteiger partial charge on any atom is -0.507 e. The number of nitrogens with one attached hydrogen (secondary N) is 2. The standard InChI is InChI=1S/C21H20N4O/c1-11-6-5-7-17-19(11)23-21(22-17)16-10-18(25-24-14(16)4)15-8-12(2)20(26)13(3)9-15/h5-10,22-23,26H,4H2,1-3H3. The van der Waals surface area contributed by atoms with E-state index in [1.165, 1.54) is 5.56 Å². The van der Waals surface area contributed by atoms with Crippen LogP contribution in [0.3, 0.4) is 0 Å². The van der Waals surface area contributed by atoms with Crippen LogP contribution in [0.4, 0.5) is 11.4 Å². The maximum absolute atomic E-state index is 10.0. The Labute approximate surface area is 151 Å². The van der Waals surface area contributed by atoms with Crippen molar-refractivity contribution in [3.05, 3.63) is 63.7 Å². The number of para-hydroxylation sites is 1. The van der Waals surface area contributed by atoms with Gasteiger partial charge in [-0.2, -0.15) is 5.10 Å². The molecule has 0 aliphatic carbocycles. The molecule has 26 heavy (non-hydrogen) atoms. The first kappa shape index (κ1) is 16.1. The van der Waals surface area contributed by atoms with Gasteiger partial charge >= 0.3 is 0 Å². The highest BCUT2D eigenvalue weighted by atomic mass is 16.3. The molecule has 2 heterocycles. The predicted molar refractivity (Wildman–Crippen MR) is 105 cm³/mol. The van der Waals surface area contributed by atoms with Crippen LogP contribution in [-0.2, 0) is 0 Å². The van der Waals surface area contributed by atoms with E-state index in [1.54, 1.807) is 0 Å². The Bertz CT molecular complexity index is 1130. The molecule has 3 N–H and O–H groups in total. The molecule has 0 saturated heterocycles. The molecule has 0 amide bonds. The summed E-state index contributed by atoms with van der Waals surface area (Å²) >= 11 is 0. The molecule has 0 fully saturated rings. The number of hydrogen-bond acceptors (Lipinski definition) is 5. The van der Waals surface area contributed by atoms with Gasteiger partial charge in [-0.05, 0) is 61.7 Å². The van der Waals surface area contributed by atoms with Gasteiger partial charge in [0.25, 0.3) is 0 Å². The summed E-state index contributed by atoms with van der Waals surface area (Å²) in [6.45, 7) is 9.85. The number of anilines is 2. The summed E-state index contributed by atoms with van der Waals surface area (Å²) in [7, 11) is 0. The lowest BCUT2D eigenvalue weighted by atomic mass is 10.0. The Balaban J connectivity index is 1.87. The Morgan fingerprint density at radius 3 is 2.35 bits per heavy atom. The van der Waals surface area contributed by atoms with Crippen LogP contribution < -0.4 is 21.2 Å². The van der Waals surface area contributed by atoms with E-state index in [4.69, 9.17) is 0 Å². The molecule has 3 aromatic rings. The Morgan fingerprint density at radius 1 is 0.923 bits per heavy atom. The molecular weight excluding hydrogens is 324 g/mol. The van der Waals surface area contributed by atoms with E-state index < -0.39 is 0 Å². The maximum Gasteiger partial charge on any atom is 0.121 e. The predicted octanol–water partition coefficient (Wildman–Crippen LogP) is 2.79. The molecule has 0 unspecified atom stereocenters. The second-order valence-electron chi connectivity index (χ2n) is 6.67. The van der Waals surface area contributed by atoms with Crippen LogP contribution >= 0.6 is 0 Å². The van der Waals surface area contributed by atoms with Crippen molar-refractivity contribution in [3.8, 4) is 17.0 Å². The van der Waals surface area contributed by atoms with E-state index in [0.29, 0.717) is 11.1 Å². The highest BCUT2D eigenvalue weighted by molar-refractivity contribution is 5.92. The highest BCUT2D eigenvalue weighted by Crippen LogP contribution is 2.33. The SMILES string of the molecule is C=c1nnc(-c2cc(C)c(O)c(C)c2)cc1=C1Nc2cccc(C)c2N1. The van der Waals surface area contributed by atoms with Crippen molar-refractivity contribution in [2.75, 3.05) is 10.6 Å². The normalized spacial score (nSPS) is 14.6. The number of benzene rings is 2. The Morgan fingerprint density at radius 2 is 1.65 bits per heavy atom. The van der Waals surface area contributed by atoms with Crippen LogP contribution in [0.2, 0.25) is 0 Å². The minimum absolute atomic E-state index is 0.315. The van der Waals surface area contributed by atoms with Crippen molar-refractivity contribution < 1.29 is 5.11 Å². The molecule has 5 heteroatoms. The van der Waals surface area contributed by atoms with Crippen LogP contribution in [0, 0.1) is 20.8 Å². The number of phenolic OH excluding ortho intramolecular Hbond substituents is 1. The average Bonchev–Trinajstić information content (AvgIpc) is 3.05. The second-order valence-corrected chi connectivity index (χ2v) is 6.67. The fourth-order valence-corrected chi connectivity index (χ4v) is 3.24. The van der Waals surface area contributed by atoms with Gasteiger partial charge in [-0.25, -0.2) is 0 Å². The molecule has 0 spiro atoms. The number of hydrogen-bond donors (Lipinski definition) is 3. The van der Waals surface area contributed by atoms with Crippen LogP contribution in [0.15, 0.2) is 36.4 Å². The van der Waals surface area contributed by atoms with Gasteiger partial charge in [0.05, 0.1) is 22.4 Å². The van der Waals surface area contributed by atoms with E-state index >= 15 is 0 Å². The van der Waals surface area contributed by atoms with Crippen molar-refractivity contribution in [1.29, 1.82) is 0 Å². The Kier molecular flexibility index (Phi) is 3.65. The highest BCUT2D eigenvalue weighted by Gasteiger charge is 2.17. The lowest BCUT2D eigenvalue weighted by molar-refractivity contribution is 0.467. The number of aromatic nitrogens is 2. The van der Waals surface area contributed by atoms with Gasteiger partial charge in [-0.1, -0.05) is 18.7 Å². The van der Waals surface area contributed by atoms with Crippen LogP contribution in [0.5, 0.6) is 5.75 Å². The lowest BCUT2D eigenvalue weighted by Crippen LogP contribution is -2.33. The summed E-state index contributed by atoms with van der Waals surface area (Å²) < 4.78 is 0. The van der Waals surface area contributed by atoms with Gasteiger partial charge in [0.2, 0.25) is 0 Å². The molecule has 1 aliphatic heterocycles. The lowest BCUT2D eigenvalue weighted by Gasteiger charge is -2.08. The van der Waals surface area contributed by atoms with Crippen LogP contribution in [0.1, 0.15) is 16.7 Å². The van der Waals surface area contributed by atoms with Crippen molar-refractivity contribution >= 4 is 23.8 Å². The maximum atomic E-state index is 10.0. The monoisotopic (exact) mass is 344 g/mol. The fraction of sp³-hybridized carbons (Fsp3) is 0.143. The molecule has 0 atom stereocenters. The number of nitrogens with zero attached hydrogens (tertiary/aromatic N) is 2. The van der Waals surface area contributed by atoms with Crippen LogP contribution in [-0.4, -0.2) is 15.3 Å². The molecule has 1 aromatic heterocycles. The van der Waals surface area contributed by atoms with E-state index in [0.717, 1.165) is 44.8 Å². The van der Waals surface area contributed by atoms with Crippen molar-refractivity contribution in [2.24, 2.45) is 0 Å². The minimum atomic E-state index is 0.315. The molecule has 0 radical (unpaired) electrons. The molecule has 0 bridgehead atoms. The smallest absolute Gasteiger partial charge is 0.121 e. The van der Waals surface area contributed by atoms with Gasteiger partial charge in [0.15, 0.2) is 0 Å². The number of phenols is 1. The Hall–Kier alpha value is -3.34. The average molecular weight is 344 g/mol. The zero-order valence-electron chi connectivity index (χ0n) is 15.0. The van der Waals surface area contributed by atoms with Crippen molar-refractivity contribution in [1.82, 2.24) is 10.2 Å². The van der Waals surface area contributed by atoms with E-state index in [9.17, 15) is 5.11 Å². The van der Waals surface area contributed by atoms with E-state index in [2.05, 4.69) is 40.4 Å². The number of rotatable bonds is 1.